The number of fused-ring (bicyclic) bond motifs is 1. The molecule has 0 atom stereocenters. The van der Waals surface area contributed by atoms with Crippen LogP contribution in [0.5, 0.6) is 11.5 Å². The average Bonchev–Trinajstić information content (AvgIpc) is 2.81. The molecule has 1 heterocycles. The van der Waals surface area contributed by atoms with E-state index >= 15 is 0 Å². The molecule has 0 saturated carbocycles. The molecule has 0 aromatic heterocycles. The van der Waals surface area contributed by atoms with Crippen LogP contribution in [0.4, 0.5) is 15.8 Å². The van der Waals surface area contributed by atoms with Gasteiger partial charge in [-0.1, -0.05) is 41.4 Å². The normalized spacial score (nSPS) is 12.7. The third-order valence-corrected chi connectivity index (χ3v) is 5.70. The summed E-state index contributed by atoms with van der Waals surface area (Å²) >= 11 is 11.9. The number of rotatable bonds is 8. The van der Waals surface area contributed by atoms with Crippen LogP contribution in [0.15, 0.2) is 60.7 Å². The fourth-order valence-corrected chi connectivity index (χ4v) is 3.94. The van der Waals surface area contributed by atoms with Gasteiger partial charge in [-0.3, -0.25) is 9.59 Å². The van der Waals surface area contributed by atoms with Gasteiger partial charge in [0.25, 0.3) is 5.91 Å². The van der Waals surface area contributed by atoms with Crippen molar-refractivity contribution in [2.45, 2.75) is 19.4 Å². The highest BCUT2D eigenvalue weighted by molar-refractivity contribution is 6.35. The summed E-state index contributed by atoms with van der Waals surface area (Å²) < 4.78 is 25.2. The van der Waals surface area contributed by atoms with E-state index < -0.39 is 5.82 Å². The van der Waals surface area contributed by atoms with E-state index in [4.69, 9.17) is 32.7 Å². The molecule has 0 spiro atoms. The van der Waals surface area contributed by atoms with E-state index in [2.05, 4.69) is 5.32 Å². The summed E-state index contributed by atoms with van der Waals surface area (Å²) in [4.78, 5) is 26.4. The predicted octanol–water partition coefficient (Wildman–Crippen LogP) is 5.86. The van der Waals surface area contributed by atoms with Crippen molar-refractivity contribution in [1.29, 1.82) is 0 Å². The van der Waals surface area contributed by atoms with Gasteiger partial charge in [0.1, 0.15) is 17.3 Å². The molecule has 0 fully saturated rings. The van der Waals surface area contributed by atoms with E-state index in [9.17, 15) is 14.0 Å². The van der Waals surface area contributed by atoms with Crippen molar-refractivity contribution < 1.29 is 23.5 Å². The topological polar surface area (TPSA) is 67.9 Å². The molecule has 0 aliphatic carbocycles. The predicted molar refractivity (Wildman–Crippen MR) is 129 cm³/mol. The largest absolute Gasteiger partial charge is 0.492 e. The second-order valence-corrected chi connectivity index (χ2v) is 8.46. The highest BCUT2D eigenvalue weighted by Gasteiger charge is 2.27. The number of ether oxygens (including phenoxy) is 2. The third-order valence-electron chi connectivity index (χ3n) is 5.17. The summed E-state index contributed by atoms with van der Waals surface area (Å²) in [5.74, 6) is 0.0876. The minimum absolute atomic E-state index is 0.0594. The van der Waals surface area contributed by atoms with Crippen LogP contribution in [0.1, 0.15) is 18.4 Å². The monoisotopic (exact) mass is 502 g/mol. The maximum absolute atomic E-state index is 14.1. The molecule has 1 N–H and O–H groups in total. The number of benzene rings is 3. The molecular formula is C25H21Cl2FN2O4. The molecule has 3 aromatic carbocycles. The van der Waals surface area contributed by atoms with Gasteiger partial charge in [-0.25, -0.2) is 4.39 Å². The number of anilines is 2. The molecule has 0 unspecified atom stereocenters. The number of carbonyl (C=O) groups excluding carboxylic acids is 2. The van der Waals surface area contributed by atoms with Crippen LogP contribution in [0.3, 0.4) is 0 Å². The first-order chi connectivity index (χ1) is 16.4. The van der Waals surface area contributed by atoms with Gasteiger partial charge >= 0.3 is 0 Å². The number of halogens is 3. The fourth-order valence-electron chi connectivity index (χ4n) is 3.48. The lowest BCUT2D eigenvalue weighted by atomic mass is 10.1. The van der Waals surface area contributed by atoms with E-state index in [0.29, 0.717) is 51.5 Å². The zero-order valence-electron chi connectivity index (χ0n) is 18.0. The SMILES string of the molecule is O=C(CCCOc1ccc(Cl)cc1Cl)Nc1ccc2c(c1)N(Cc1ccccc1F)C(=O)CO2. The van der Waals surface area contributed by atoms with Gasteiger partial charge in [-0.05, 0) is 48.9 Å². The maximum Gasteiger partial charge on any atom is 0.265 e. The Morgan fingerprint density at radius 1 is 1.12 bits per heavy atom. The number of hydrogen-bond acceptors (Lipinski definition) is 4. The van der Waals surface area contributed by atoms with E-state index in [1.165, 1.54) is 11.0 Å². The zero-order valence-corrected chi connectivity index (χ0v) is 19.5. The summed E-state index contributed by atoms with van der Waals surface area (Å²) in [6.07, 6.45) is 0.688. The quantitative estimate of drug-likeness (QED) is 0.392. The van der Waals surface area contributed by atoms with Gasteiger partial charge in [0.2, 0.25) is 5.91 Å². The van der Waals surface area contributed by atoms with Crippen LogP contribution in [-0.4, -0.2) is 25.0 Å². The van der Waals surface area contributed by atoms with E-state index in [0.717, 1.165) is 0 Å². The lowest BCUT2D eigenvalue weighted by Crippen LogP contribution is -2.38. The maximum atomic E-state index is 14.1. The Bertz CT molecular complexity index is 1220. The molecule has 9 heteroatoms. The summed E-state index contributed by atoms with van der Waals surface area (Å²) in [6.45, 7) is 0.229. The number of amides is 2. The molecule has 176 valence electrons. The first kappa shape index (κ1) is 23.9. The van der Waals surface area contributed by atoms with Crippen molar-refractivity contribution in [3.8, 4) is 11.5 Å². The summed E-state index contributed by atoms with van der Waals surface area (Å²) in [5.41, 5.74) is 1.36. The Balaban J connectivity index is 1.36. The van der Waals surface area contributed by atoms with Crippen molar-refractivity contribution in [1.82, 2.24) is 0 Å². The lowest BCUT2D eigenvalue weighted by molar-refractivity contribution is -0.121. The summed E-state index contributed by atoms with van der Waals surface area (Å²) in [6, 6.07) is 16.2. The number of hydrogen-bond donors (Lipinski definition) is 1. The molecular weight excluding hydrogens is 482 g/mol. The molecule has 1 aliphatic rings. The van der Waals surface area contributed by atoms with Crippen LogP contribution in [-0.2, 0) is 16.1 Å². The minimum Gasteiger partial charge on any atom is -0.492 e. The lowest BCUT2D eigenvalue weighted by Gasteiger charge is -2.30. The van der Waals surface area contributed by atoms with Gasteiger partial charge in [0.15, 0.2) is 6.61 Å². The molecule has 0 bridgehead atoms. The van der Waals surface area contributed by atoms with Gasteiger partial charge in [0, 0.05) is 22.7 Å². The highest BCUT2D eigenvalue weighted by Crippen LogP contribution is 2.36. The first-order valence-corrected chi connectivity index (χ1v) is 11.3. The number of nitrogens with one attached hydrogen (secondary N) is 1. The van der Waals surface area contributed by atoms with Crippen LogP contribution in [0.25, 0.3) is 0 Å². The summed E-state index contributed by atoms with van der Waals surface area (Å²) in [7, 11) is 0. The Hall–Kier alpha value is -3.29. The molecule has 34 heavy (non-hydrogen) atoms. The van der Waals surface area contributed by atoms with Crippen molar-refractivity contribution in [3.63, 3.8) is 0 Å². The molecule has 0 radical (unpaired) electrons. The number of carbonyl (C=O) groups is 2. The van der Waals surface area contributed by atoms with Crippen molar-refractivity contribution in [2.24, 2.45) is 0 Å². The van der Waals surface area contributed by atoms with E-state index in [1.807, 2.05) is 0 Å². The zero-order chi connectivity index (χ0) is 24.1. The van der Waals surface area contributed by atoms with E-state index in [1.54, 1.807) is 54.6 Å². The van der Waals surface area contributed by atoms with Gasteiger partial charge < -0.3 is 19.7 Å². The van der Waals surface area contributed by atoms with Crippen LogP contribution in [0, 0.1) is 5.82 Å². The van der Waals surface area contributed by atoms with Crippen molar-refractivity contribution in [2.75, 3.05) is 23.4 Å². The fraction of sp³-hybridized carbons (Fsp3) is 0.200. The summed E-state index contributed by atoms with van der Waals surface area (Å²) in [5, 5.41) is 3.74. The van der Waals surface area contributed by atoms with Crippen LogP contribution >= 0.6 is 23.2 Å². The van der Waals surface area contributed by atoms with Crippen molar-refractivity contribution >= 4 is 46.4 Å². The molecule has 6 nitrogen and oxygen atoms in total. The Kier molecular flexibility index (Phi) is 7.55. The highest BCUT2D eigenvalue weighted by atomic mass is 35.5. The van der Waals surface area contributed by atoms with Gasteiger partial charge in [-0.15, -0.1) is 0 Å². The van der Waals surface area contributed by atoms with E-state index in [-0.39, 0.29) is 31.4 Å². The second kappa shape index (κ2) is 10.8. The molecule has 2 amide bonds. The Morgan fingerprint density at radius 3 is 2.74 bits per heavy atom. The third kappa shape index (κ3) is 5.79. The molecule has 4 rings (SSSR count). The smallest absolute Gasteiger partial charge is 0.265 e. The minimum atomic E-state index is -0.394. The standard InChI is InChI=1S/C25H21Cl2FN2O4/c26-17-7-9-22(19(27)12-17)33-11-3-6-24(31)29-18-8-10-23-21(13-18)30(25(32)15-34-23)14-16-4-1-2-5-20(16)28/h1-2,4-5,7-10,12-13H,3,6,11,14-15H2,(H,29,31). The Morgan fingerprint density at radius 2 is 1.94 bits per heavy atom. The average molecular weight is 503 g/mol. The van der Waals surface area contributed by atoms with Crippen LogP contribution in [0.2, 0.25) is 10.0 Å². The van der Waals surface area contributed by atoms with Crippen LogP contribution < -0.4 is 19.7 Å². The van der Waals surface area contributed by atoms with Gasteiger partial charge in [0.05, 0.1) is 23.9 Å². The number of nitrogens with zero attached hydrogens (tertiary/aromatic N) is 1. The molecule has 0 saturated heterocycles. The molecule has 3 aromatic rings. The van der Waals surface area contributed by atoms with Gasteiger partial charge in [-0.2, -0.15) is 0 Å². The molecule has 1 aliphatic heterocycles. The van der Waals surface area contributed by atoms with Crippen molar-refractivity contribution in [3.05, 3.63) is 82.1 Å². The second-order valence-electron chi connectivity index (χ2n) is 7.62. The Labute approximate surface area is 206 Å². The first-order valence-electron chi connectivity index (χ1n) is 10.6.